The first-order valence-corrected chi connectivity index (χ1v) is 7.53. The van der Waals surface area contributed by atoms with Crippen LogP contribution in [0, 0.1) is 5.82 Å². The molecule has 1 fully saturated rings. The summed E-state index contributed by atoms with van der Waals surface area (Å²) in [5, 5.41) is 3.12. The fraction of sp³-hybridized carbons (Fsp3) is 0.375. The molecule has 4 nitrogen and oxygen atoms in total. The van der Waals surface area contributed by atoms with E-state index < -0.39 is 5.82 Å². The summed E-state index contributed by atoms with van der Waals surface area (Å²) < 4.78 is 13.6. The summed E-state index contributed by atoms with van der Waals surface area (Å²) in [7, 11) is 0. The molecule has 1 aromatic carbocycles. The number of piperidine rings is 1. The summed E-state index contributed by atoms with van der Waals surface area (Å²) in [4.78, 5) is 24.9. The molecule has 0 aliphatic carbocycles. The fourth-order valence-corrected chi connectivity index (χ4v) is 2.64. The Labute approximate surface area is 133 Å². The lowest BCUT2D eigenvalue weighted by Gasteiger charge is -2.31. The first-order valence-electron chi connectivity index (χ1n) is 7.15. The second-order valence-corrected chi connectivity index (χ2v) is 5.66. The number of hydrogen-bond donors (Lipinski definition) is 1. The van der Waals surface area contributed by atoms with Gasteiger partial charge in [0.05, 0.1) is 5.02 Å². The van der Waals surface area contributed by atoms with E-state index in [1.165, 1.54) is 24.3 Å². The maximum absolute atomic E-state index is 13.6. The Bertz CT molecular complexity index is 576. The van der Waals surface area contributed by atoms with E-state index in [4.69, 9.17) is 11.6 Å². The van der Waals surface area contributed by atoms with Gasteiger partial charge in [-0.1, -0.05) is 17.7 Å². The molecule has 0 saturated carbocycles. The fourth-order valence-electron chi connectivity index (χ4n) is 2.42. The number of nitrogens with one attached hydrogen (secondary N) is 1. The molecule has 1 aromatic rings. The van der Waals surface area contributed by atoms with Crippen molar-refractivity contribution >= 4 is 29.5 Å². The standard InChI is InChI=1S/C16H18ClFN2O2/c1-11(21)20-9-7-12(8-10-20)19-16(22)6-5-13-14(17)3-2-4-15(13)18/h2-6,12H,7-10H2,1H3,(H,19,22)/b6-5+. The third-order valence-electron chi connectivity index (χ3n) is 3.69. The number of hydrogen-bond acceptors (Lipinski definition) is 2. The van der Waals surface area contributed by atoms with Gasteiger partial charge in [0, 0.05) is 37.7 Å². The van der Waals surface area contributed by atoms with Gasteiger partial charge in [-0.2, -0.15) is 0 Å². The van der Waals surface area contributed by atoms with Gasteiger partial charge >= 0.3 is 0 Å². The highest BCUT2D eigenvalue weighted by Crippen LogP contribution is 2.20. The third-order valence-corrected chi connectivity index (χ3v) is 4.02. The number of halogens is 2. The number of amides is 2. The molecular weight excluding hydrogens is 307 g/mol. The molecule has 1 heterocycles. The summed E-state index contributed by atoms with van der Waals surface area (Å²) in [6, 6.07) is 4.40. The largest absolute Gasteiger partial charge is 0.350 e. The number of rotatable bonds is 3. The van der Waals surface area contributed by atoms with E-state index in [2.05, 4.69) is 5.32 Å². The van der Waals surface area contributed by atoms with Crippen molar-refractivity contribution in [2.24, 2.45) is 0 Å². The van der Waals surface area contributed by atoms with Crippen LogP contribution in [0.5, 0.6) is 0 Å². The molecule has 0 atom stereocenters. The van der Waals surface area contributed by atoms with Crippen molar-refractivity contribution in [3.05, 3.63) is 40.7 Å². The maximum Gasteiger partial charge on any atom is 0.244 e. The summed E-state index contributed by atoms with van der Waals surface area (Å²) in [6.45, 7) is 2.83. The van der Waals surface area contributed by atoms with Gasteiger partial charge in [-0.15, -0.1) is 0 Å². The molecule has 22 heavy (non-hydrogen) atoms. The van der Waals surface area contributed by atoms with E-state index in [9.17, 15) is 14.0 Å². The first-order chi connectivity index (χ1) is 10.5. The van der Waals surface area contributed by atoms with Gasteiger partial charge in [-0.3, -0.25) is 9.59 Å². The van der Waals surface area contributed by atoms with Crippen molar-refractivity contribution < 1.29 is 14.0 Å². The topological polar surface area (TPSA) is 49.4 Å². The van der Waals surface area contributed by atoms with Gasteiger partial charge in [-0.25, -0.2) is 4.39 Å². The highest BCUT2D eigenvalue weighted by Gasteiger charge is 2.21. The Balaban J connectivity index is 1.89. The second kappa shape index (κ2) is 7.40. The molecule has 0 aromatic heterocycles. The normalized spacial score (nSPS) is 16.0. The second-order valence-electron chi connectivity index (χ2n) is 5.26. The average Bonchev–Trinajstić information content (AvgIpc) is 2.47. The minimum Gasteiger partial charge on any atom is -0.350 e. The minimum atomic E-state index is -0.466. The van der Waals surface area contributed by atoms with Crippen molar-refractivity contribution in [2.75, 3.05) is 13.1 Å². The quantitative estimate of drug-likeness (QED) is 0.869. The smallest absolute Gasteiger partial charge is 0.244 e. The lowest BCUT2D eigenvalue weighted by molar-refractivity contribution is -0.129. The Hall–Kier alpha value is -1.88. The number of benzene rings is 1. The zero-order valence-corrected chi connectivity index (χ0v) is 13.1. The average molecular weight is 325 g/mol. The van der Waals surface area contributed by atoms with Crippen LogP contribution >= 0.6 is 11.6 Å². The predicted molar refractivity (Wildman–Crippen MR) is 83.9 cm³/mol. The van der Waals surface area contributed by atoms with E-state index in [1.54, 1.807) is 17.9 Å². The van der Waals surface area contributed by atoms with Crippen molar-refractivity contribution in [1.82, 2.24) is 10.2 Å². The highest BCUT2D eigenvalue weighted by molar-refractivity contribution is 6.32. The van der Waals surface area contributed by atoms with Gasteiger partial charge in [0.1, 0.15) is 5.82 Å². The molecule has 0 radical (unpaired) electrons. The summed E-state index contributed by atoms with van der Waals surface area (Å²) in [6.07, 6.45) is 4.10. The first kappa shape index (κ1) is 16.5. The zero-order valence-electron chi connectivity index (χ0n) is 12.3. The molecular formula is C16H18ClFN2O2. The van der Waals surface area contributed by atoms with Crippen LogP contribution < -0.4 is 5.32 Å². The van der Waals surface area contributed by atoms with Crippen LogP contribution in [0.15, 0.2) is 24.3 Å². The van der Waals surface area contributed by atoms with E-state index in [0.717, 1.165) is 12.8 Å². The molecule has 6 heteroatoms. The van der Waals surface area contributed by atoms with Crippen molar-refractivity contribution in [1.29, 1.82) is 0 Å². The Kier molecular flexibility index (Phi) is 5.55. The summed E-state index contributed by atoms with van der Waals surface area (Å²) in [5.41, 5.74) is 0.200. The summed E-state index contributed by atoms with van der Waals surface area (Å²) in [5.74, 6) is -0.703. The highest BCUT2D eigenvalue weighted by atomic mass is 35.5. The van der Waals surface area contributed by atoms with E-state index in [1.807, 2.05) is 0 Å². The molecule has 1 aliphatic rings. The Morgan fingerprint density at radius 2 is 2.05 bits per heavy atom. The lowest BCUT2D eigenvalue weighted by atomic mass is 10.0. The third kappa shape index (κ3) is 4.31. The van der Waals surface area contributed by atoms with Crippen molar-refractivity contribution in [2.45, 2.75) is 25.8 Å². The molecule has 1 N–H and O–H groups in total. The van der Waals surface area contributed by atoms with Crippen LogP contribution in [-0.2, 0) is 9.59 Å². The monoisotopic (exact) mass is 324 g/mol. The molecule has 0 spiro atoms. The Morgan fingerprint density at radius 1 is 1.36 bits per heavy atom. The molecule has 0 bridgehead atoms. The van der Waals surface area contributed by atoms with Crippen LogP contribution in [0.25, 0.3) is 6.08 Å². The Morgan fingerprint density at radius 3 is 2.64 bits per heavy atom. The van der Waals surface area contributed by atoms with Crippen LogP contribution in [0.2, 0.25) is 5.02 Å². The van der Waals surface area contributed by atoms with Gasteiger partial charge < -0.3 is 10.2 Å². The molecule has 1 saturated heterocycles. The molecule has 1 aliphatic heterocycles. The van der Waals surface area contributed by atoms with E-state index in [-0.39, 0.29) is 28.4 Å². The SMILES string of the molecule is CC(=O)N1CCC(NC(=O)/C=C/c2c(F)cccc2Cl)CC1. The van der Waals surface area contributed by atoms with Crippen molar-refractivity contribution in [3.63, 3.8) is 0 Å². The number of likely N-dealkylation sites (tertiary alicyclic amines) is 1. The zero-order chi connectivity index (χ0) is 16.1. The maximum atomic E-state index is 13.6. The van der Waals surface area contributed by atoms with Crippen LogP contribution in [0.1, 0.15) is 25.3 Å². The van der Waals surface area contributed by atoms with Gasteiger partial charge in [0.25, 0.3) is 0 Å². The van der Waals surface area contributed by atoms with Crippen LogP contribution in [-0.4, -0.2) is 35.8 Å². The van der Waals surface area contributed by atoms with E-state index >= 15 is 0 Å². The molecule has 118 valence electrons. The van der Waals surface area contributed by atoms with Crippen molar-refractivity contribution in [3.8, 4) is 0 Å². The number of carbonyl (C=O) groups excluding carboxylic acids is 2. The van der Waals surface area contributed by atoms with Crippen LogP contribution in [0.3, 0.4) is 0 Å². The molecule has 2 rings (SSSR count). The van der Waals surface area contributed by atoms with Gasteiger partial charge in [0.2, 0.25) is 11.8 Å². The summed E-state index contributed by atoms with van der Waals surface area (Å²) >= 11 is 5.89. The molecule has 0 unspecified atom stereocenters. The number of carbonyl (C=O) groups is 2. The number of nitrogens with zero attached hydrogens (tertiary/aromatic N) is 1. The van der Waals surface area contributed by atoms with Gasteiger partial charge in [0.15, 0.2) is 0 Å². The van der Waals surface area contributed by atoms with Crippen LogP contribution in [0.4, 0.5) is 4.39 Å². The predicted octanol–water partition coefficient (Wildman–Crippen LogP) is 2.62. The minimum absolute atomic E-state index is 0.0313. The molecule has 2 amide bonds. The lowest BCUT2D eigenvalue weighted by Crippen LogP contribution is -2.45. The van der Waals surface area contributed by atoms with E-state index in [0.29, 0.717) is 13.1 Å². The van der Waals surface area contributed by atoms with Gasteiger partial charge in [-0.05, 0) is 31.1 Å².